The summed E-state index contributed by atoms with van der Waals surface area (Å²) in [6, 6.07) is 12.0. The van der Waals surface area contributed by atoms with Gasteiger partial charge in [0, 0.05) is 6.42 Å². The number of carboxylic acids is 1. The second-order valence-corrected chi connectivity index (χ2v) is 10.7. The van der Waals surface area contributed by atoms with Crippen molar-refractivity contribution >= 4 is 40.4 Å². The zero-order valence-electron chi connectivity index (χ0n) is 22.2. The Bertz CT molecular complexity index is 1420. The smallest absolute Gasteiger partial charge is 0.329 e. The number of carbonyl (C=O) groups is 3. The van der Waals surface area contributed by atoms with Gasteiger partial charge in [-0.3, -0.25) is 14.4 Å². The van der Waals surface area contributed by atoms with E-state index in [0.29, 0.717) is 16.8 Å². The molecular weight excluding hydrogens is 520 g/mol. The van der Waals surface area contributed by atoms with E-state index in [9.17, 15) is 29.1 Å². The van der Waals surface area contributed by atoms with Crippen LogP contribution in [0.1, 0.15) is 38.3 Å². The molecule has 11 heteroatoms. The number of aromatic amines is 1. The number of carboxylic acid groups (broad SMARTS) is 1. The van der Waals surface area contributed by atoms with Gasteiger partial charge in [-0.05, 0) is 48.5 Å². The maximum absolute atomic E-state index is 13.7. The molecule has 0 fully saturated rings. The van der Waals surface area contributed by atoms with Crippen molar-refractivity contribution in [2.24, 2.45) is 5.92 Å². The summed E-state index contributed by atoms with van der Waals surface area (Å²) in [5.74, 6) is -1.96. The monoisotopic (exact) mass is 554 g/mol. The van der Waals surface area contributed by atoms with E-state index in [-0.39, 0.29) is 30.6 Å². The van der Waals surface area contributed by atoms with Crippen molar-refractivity contribution in [3.05, 3.63) is 81.0 Å². The molecule has 0 aliphatic carbocycles. The second-order valence-electron chi connectivity index (χ2n) is 9.73. The van der Waals surface area contributed by atoms with Crippen molar-refractivity contribution in [1.82, 2.24) is 20.2 Å². The normalized spacial score (nSPS) is 13.5. The van der Waals surface area contributed by atoms with Crippen molar-refractivity contribution in [3.8, 4) is 0 Å². The van der Waals surface area contributed by atoms with Crippen molar-refractivity contribution in [2.45, 2.75) is 51.2 Å². The van der Waals surface area contributed by atoms with Crippen LogP contribution < -0.4 is 21.9 Å². The highest BCUT2D eigenvalue weighted by Crippen LogP contribution is 2.15. The Morgan fingerprint density at radius 2 is 1.59 bits per heavy atom. The SMILES string of the molecule is CSCCC(NC(=O)C(Cc1ccccc1)n1c(=O)[nH]c2ccccc2c1=O)C(=O)NC(CC(C)C)C(=O)O. The van der Waals surface area contributed by atoms with Crippen molar-refractivity contribution in [3.63, 3.8) is 0 Å². The van der Waals surface area contributed by atoms with E-state index >= 15 is 0 Å². The van der Waals surface area contributed by atoms with E-state index in [1.54, 1.807) is 48.5 Å². The first-order chi connectivity index (χ1) is 18.6. The van der Waals surface area contributed by atoms with Crippen LogP contribution in [0.15, 0.2) is 64.2 Å². The van der Waals surface area contributed by atoms with Crippen molar-refractivity contribution in [2.75, 3.05) is 12.0 Å². The van der Waals surface area contributed by atoms with Crippen LogP contribution in [0.3, 0.4) is 0 Å². The molecule has 0 aliphatic heterocycles. The number of H-pyrrole nitrogens is 1. The van der Waals surface area contributed by atoms with Crippen LogP contribution in [0.4, 0.5) is 0 Å². The average molecular weight is 555 g/mol. The molecule has 0 saturated heterocycles. The van der Waals surface area contributed by atoms with Gasteiger partial charge >= 0.3 is 11.7 Å². The van der Waals surface area contributed by atoms with E-state index in [1.807, 2.05) is 26.2 Å². The lowest BCUT2D eigenvalue weighted by atomic mass is 10.0. The second kappa shape index (κ2) is 13.8. The molecule has 0 radical (unpaired) electrons. The van der Waals surface area contributed by atoms with Crippen molar-refractivity contribution < 1.29 is 19.5 Å². The molecule has 3 aromatic rings. The third-order valence-electron chi connectivity index (χ3n) is 6.29. The first-order valence-electron chi connectivity index (χ1n) is 12.7. The fourth-order valence-corrected chi connectivity index (χ4v) is 4.81. The number of amides is 2. The predicted molar refractivity (Wildman–Crippen MR) is 152 cm³/mol. The lowest BCUT2D eigenvalue weighted by Gasteiger charge is -2.25. The average Bonchev–Trinajstić information content (AvgIpc) is 2.90. The third kappa shape index (κ3) is 7.82. The molecule has 4 N–H and O–H groups in total. The van der Waals surface area contributed by atoms with Crippen LogP contribution in [0.5, 0.6) is 0 Å². The zero-order valence-corrected chi connectivity index (χ0v) is 23.0. The number of carbonyl (C=O) groups excluding carboxylic acids is 2. The maximum atomic E-state index is 13.7. The van der Waals surface area contributed by atoms with E-state index in [2.05, 4.69) is 15.6 Å². The number of nitrogens with zero attached hydrogens (tertiary/aromatic N) is 1. The molecular formula is C28H34N4O6S. The summed E-state index contributed by atoms with van der Waals surface area (Å²) in [6.07, 6.45) is 2.33. The van der Waals surface area contributed by atoms with Crippen LogP contribution in [-0.4, -0.2) is 56.5 Å². The molecule has 0 saturated carbocycles. The van der Waals surface area contributed by atoms with Gasteiger partial charge in [-0.25, -0.2) is 14.2 Å². The number of thioether (sulfide) groups is 1. The number of fused-ring (bicyclic) bond motifs is 1. The number of hydrogen-bond acceptors (Lipinski definition) is 6. The van der Waals surface area contributed by atoms with Crippen LogP contribution >= 0.6 is 11.8 Å². The minimum absolute atomic E-state index is 0.0207. The number of aromatic nitrogens is 2. The van der Waals surface area contributed by atoms with E-state index < -0.39 is 47.2 Å². The fourth-order valence-electron chi connectivity index (χ4n) is 4.34. The molecule has 39 heavy (non-hydrogen) atoms. The molecule has 3 rings (SSSR count). The maximum Gasteiger partial charge on any atom is 0.329 e. The summed E-state index contributed by atoms with van der Waals surface area (Å²) in [5.41, 5.74) is -0.309. The summed E-state index contributed by atoms with van der Waals surface area (Å²) < 4.78 is 0.882. The summed E-state index contributed by atoms with van der Waals surface area (Å²) in [7, 11) is 0. The summed E-state index contributed by atoms with van der Waals surface area (Å²) >= 11 is 1.47. The van der Waals surface area contributed by atoms with Gasteiger partial charge in [0.25, 0.3) is 5.56 Å². The van der Waals surface area contributed by atoms with E-state index in [1.165, 1.54) is 11.8 Å². The summed E-state index contributed by atoms with van der Waals surface area (Å²) in [6.45, 7) is 3.70. The minimum atomic E-state index is -1.26. The largest absolute Gasteiger partial charge is 0.480 e. The van der Waals surface area contributed by atoms with Gasteiger partial charge in [0.05, 0.1) is 10.9 Å². The number of aliphatic carboxylic acids is 1. The Morgan fingerprint density at radius 1 is 0.949 bits per heavy atom. The molecule has 1 aromatic heterocycles. The molecule has 0 aliphatic rings. The van der Waals surface area contributed by atoms with Crippen LogP contribution in [-0.2, 0) is 20.8 Å². The zero-order chi connectivity index (χ0) is 28.5. The van der Waals surface area contributed by atoms with Gasteiger partial charge in [0.15, 0.2) is 0 Å². The predicted octanol–water partition coefficient (Wildman–Crippen LogP) is 2.33. The molecule has 1 heterocycles. The lowest BCUT2D eigenvalue weighted by molar-refractivity contribution is -0.142. The van der Waals surface area contributed by atoms with Crippen LogP contribution in [0.25, 0.3) is 10.9 Å². The Morgan fingerprint density at radius 3 is 2.23 bits per heavy atom. The lowest BCUT2D eigenvalue weighted by Crippen LogP contribution is -2.54. The highest BCUT2D eigenvalue weighted by atomic mass is 32.2. The Hall–Kier alpha value is -3.86. The first-order valence-corrected chi connectivity index (χ1v) is 14.1. The fraction of sp³-hybridized carbons (Fsp3) is 0.393. The number of rotatable bonds is 13. The summed E-state index contributed by atoms with van der Waals surface area (Å²) in [5, 5.41) is 15.1. The Kier molecular flexibility index (Phi) is 10.5. The number of benzene rings is 2. The molecule has 2 amide bonds. The van der Waals surface area contributed by atoms with E-state index in [0.717, 1.165) is 4.57 Å². The van der Waals surface area contributed by atoms with Gasteiger partial charge in [-0.2, -0.15) is 11.8 Å². The van der Waals surface area contributed by atoms with Crippen LogP contribution in [0.2, 0.25) is 0 Å². The number of para-hydroxylation sites is 1. The molecule has 0 bridgehead atoms. The highest BCUT2D eigenvalue weighted by molar-refractivity contribution is 7.98. The quantitative estimate of drug-likeness (QED) is 0.253. The Balaban J connectivity index is 1.99. The molecule has 3 unspecified atom stereocenters. The molecule has 208 valence electrons. The van der Waals surface area contributed by atoms with Crippen LogP contribution in [0, 0.1) is 5.92 Å². The van der Waals surface area contributed by atoms with Gasteiger partial charge in [0.2, 0.25) is 11.8 Å². The molecule has 0 spiro atoms. The number of nitrogens with one attached hydrogen (secondary N) is 3. The van der Waals surface area contributed by atoms with Gasteiger partial charge in [0.1, 0.15) is 18.1 Å². The standard InChI is InChI=1S/C28H34N4O6S/c1-17(2)15-22(27(36)37)30-24(33)21(13-14-39-3)29-25(34)23(16-18-9-5-4-6-10-18)32-26(35)19-11-7-8-12-20(19)31-28(32)38/h4-12,17,21-23H,13-16H2,1-3H3,(H,29,34)(H,30,33)(H,31,38)(H,36,37). The molecule has 3 atom stereocenters. The molecule has 2 aromatic carbocycles. The topological polar surface area (TPSA) is 150 Å². The van der Waals surface area contributed by atoms with Crippen molar-refractivity contribution in [1.29, 1.82) is 0 Å². The van der Waals surface area contributed by atoms with Gasteiger partial charge in [-0.15, -0.1) is 0 Å². The molecule has 10 nitrogen and oxygen atoms in total. The van der Waals surface area contributed by atoms with E-state index in [4.69, 9.17) is 0 Å². The summed E-state index contributed by atoms with van der Waals surface area (Å²) in [4.78, 5) is 67.8. The number of hydrogen-bond donors (Lipinski definition) is 4. The van der Waals surface area contributed by atoms with Gasteiger partial charge < -0.3 is 20.7 Å². The first kappa shape index (κ1) is 29.7. The third-order valence-corrected chi connectivity index (χ3v) is 6.93. The Labute approximate surface area is 230 Å². The highest BCUT2D eigenvalue weighted by Gasteiger charge is 2.31. The minimum Gasteiger partial charge on any atom is -0.480 e. The van der Waals surface area contributed by atoms with Gasteiger partial charge in [-0.1, -0.05) is 56.3 Å².